The summed E-state index contributed by atoms with van der Waals surface area (Å²) in [5, 5.41) is 18.1. The molecule has 1 saturated carbocycles. The number of hydrogen-bond acceptors (Lipinski definition) is 2. The first-order valence-corrected chi connectivity index (χ1v) is 5.25. The fraction of sp³-hybridized carbons (Fsp3) is 0.600. The molecule has 5 nitrogen and oxygen atoms in total. The summed E-state index contributed by atoms with van der Waals surface area (Å²) in [6.07, 6.45) is 4.74. The summed E-state index contributed by atoms with van der Waals surface area (Å²) in [6.45, 7) is 0. The molecule has 1 aromatic heterocycles. The summed E-state index contributed by atoms with van der Waals surface area (Å²) in [6, 6.07) is 2.12. The quantitative estimate of drug-likeness (QED) is 0.693. The molecule has 0 radical (unpaired) electrons. The zero-order valence-electron chi connectivity index (χ0n) is 8.44. The van der Waals surface area contributed by atoms with Gasteiger partial charge < -0.3 is 10.4 Å². The van der Waals surface area contributed by atoms with Gasteiger partial charge in [-0.3, -0.25) is 5.10 Å². The molecule has 1 aliphatic rings. The molecule has 5 heteroatoms. The van der Waals surface area contributed by atoms with E-state index in [1.165, 1.54) is 0 Å². The lowest BCUT2D eigenvalue weighted by Gasteiger charge is -2.27. The smallest absolute Gasteiger partial charge is 0.404 e. The Kier molecular flexibility index (Phi) is 2.89. The van der Waals surface area contributed by atoms with Gasteiger partial charge in [0.2, 0.25) is 0 Å². The molecule has 82 valence electrons. The molecular formula is C10H15N3O2. The summed E-state index contributed by atoms with van der Waals surface area (Å²) < 4.78 is 0. The molecule has 0 bridgehead atoms. The van der Waals surface area contributed by atoms with Crippen LogP contribution in [0.3, 0.4) is 0 Å². The lowest BCUT2D eigenvalue weighted by molar-refractivity contribution is 0.185. The monoisotopic (exact) mass is 209 g/mol. The van der Waals surface area contributed by atoms with Crippen molar-refractivity contribution >= 4 is 6.09 Å². The number of rotatable bonds is 2. The van der Waals surface area contributed by atoms with Crippen LogP contribution in [0, 0.1) is 0 Å². The average molecular weight is 209 g/mol. The van der Waals surface area contributed by atoms with E-state index in [0.29, 0.717) is 5.92 Å². The van der Waals surface area contributed by atoms with Gasteiger partial charge in [0.05, 0.1) is 5.69 Å². The zero-order chi connectivity index (χ0) is 10.7. The van der Waals surface area contributed by atoms with Crippen molar-refractivity contribution in [2.75, 3.05) is 0 Å². The van der Waals surface area contributed by atoms with Crippen LogP contribution < -0.4 is 5.32 Å². The maximum absolute atomic E-state index is 10.4. The summed E-state index contributed by atoms with van der Waals surface area (Å²) >= 11 is 0. The average Bonchev–Trinajstić information content (AvgIpc) is 2.71. The minimum Gasteiger partial charge on any atom is -0.465 e. The third-order valence-electron chi connectivity index (χ3n) is 3.00. The van der Waals surface area contributed by atoms with Crippen LogP contribution in [0.5, 0.6) is 0 Å². The van der Waals surface area contributed by atoms with E-state index in [4.69, 9.17) is 5.11 Å². The minimum absolute atomic E-state index is 0.123. The predicted octanol–water partition coefficient (Wildman–Crippen LogP) is 1.70. The van der Waals surface area contributed by atoms with E-state index in [-0.39, 0.29) is 6.04 Å². The lowest BCUT2D eigenvalue weighted by Crippen LogP contribution is -2.36. The van der Waals surface area contributed by atoms with Gasteiger partial charge in [-0.05, 0) is 31.7 Å². The van der Waals surface area contributed by atoms with Gasteiger partial charge >= 0.3 is 6.09 Å². The van der Waals surface area contributed by atoms with Gasteiger partial charge in [0.15, 0.2) is 0 Å². The van der Waals surface area contributed by atoms with Gasteiger partial charge in [-0.25, -0.2) is 4.79 Å². The minimum atomic E-state index is -0.918. The largest absolute Gasteiger partial charge is 0.465 e. The SMILES string of the molecule is O=C(O)NC1CCC(c2cc[nH]n2)CC1. The number of carbonyl (C=O) groups is 1. The highest BCUT2D eigenvalue weighted by Crippen LogP contribution is 2.31. The van der Waals surface area contributed by atoms with Gasteiger partial charge in [-0.15, -0.1) is 0 Å². The summed E-state index contributed by atoms with van der Waals surface area (Å²) in [4.78, 5) is 10.4. The molecular weight excluding hydrogens is 194 g/mol. The molecule has 1 aliphatic carbocycles. The number of nitrogens with zero attached hydrogens (tertiary/aromatic N) is 1. The van der Waals surface area contributed by atoms with Crippen molar-refractivity contribution in [3.05, 3.63) is 18.0 Å². The van der Waals surface area contributed by atoms with Gasteiger partial charge in [0, 0.05) is 18.2 Å². The first-order valence-electron chi connectivity index (χ1n) is 5.25. The molecule has 0 spiro atoms. The van der Waals surface area contributed by atoms with E-state index in [1.54, 1.807) is 0 Å². The van der Waals surface area contributed by atoms with Crippen LogP contribution in [0.25, 0.3) is 0 Å². The molecule has 1 heterocycles. The van der Waals surface area contributed by atoms with Crippen LogP contribution >= 0.6 is 0 Å². The number of H-pyrrole nitrogens is 1. The van der Waals surface area contributed by atoms with E-state index < -0.39 is 6.09 Å². The predicted molar refractivity (Wildman–Crippen MR) is 54.7 cm³/mol. The normalized spacial score (nSPS) is 26.1. The Hall–Kier alpha value is -1.52. The topological polar surface area (TPSA) is 78.0 Å². The van der Waals surface area contributed by atoms with Crippen molar-refractivity contribution in [3.63, 3.8) is 0 Å². The second-order valence-corrected chi connectivity index (χ2v) is 4.00. The van der Waals surface area contributed by atoms with Crippen molar-refractivity contribution < 1.29 is 9.90 Å². The molecule has 0 aromatic carbocycles. The van der Waals surface area contributed by atoms with Crippen LogP contribution in [0.2, 0.25) is 0 Å². The Morgan fingerprint density at radius 1 is 1.47 bits per heavy atom. The van der Waals surface area contributed by atoms with Crippen molar-refractivity contribution in [2.24, 2.45) is 0 Å². The summed E-state index contributed by atoms with van der Waals surface area (Å²) in [7, 11) is 0. The number of aromatic amines is 1. The number of aromatic nitrogens is 2. The molecule has 1 fully saturated rings. The van der Waals surface area contributed by atoms with E-state index in [1.807, 2.05) is 12.3 Å². The van der Waals surface area contributed by atoms with Crippen molar-refractivity contribution in [1.29, 1.82) is 0 Å². The molecule has 0 saturated heterocycles. The van der Waals surface area contributed by atoms with Crippen LogP contribution in [0.15, 0.2) is 12.3 Å². The highest BCUT2D eigenvalue weighted by atomic mass is 16.4. The highest BCUT2D eigenvalue weighted by molar-refractivity contribution is 5.64. The highest BCUT2D eigenvalue weighted by Gasteiger charge is 2.24. The van der Waals surface area contributed by atoms with Gasteiger partial charge in [-0.1, -0.05) is 0 Å². The van der Waals surface area contributed by atoms with Gasteiger partial charge in [0.25, 0.3) is 0 Å². The molecule has 0 unspecified atom stereocenters. The number of nitrogens with one attached hydrogen (secondary N) is 2. The first kappa shape index (κ1) is 10.0. The third-order valence-corrected chi connectivity index (χ3v) is 3.00. The Bertz CT molecular complexity index is 315. The van der Waals surface area contributed by atoms with Gasteiger partial charge in [-0.2, -0.15) is 5.10 Å². The zero-order valence-corrected chi connectivity index (χ0v) is 8.44. The standard InChI is InChI=1S/C10H15N3O2/c14-10(15)12-8-3-1-7(2-4-8)9-5-6-11-13-9/h5-8,12H,1-4H2,(H,11,13)(H,14,15). The number of hydrogen-bond donors (Lipinski definition) is 3. The van der Waals surface area contributed by atoms with Crippen LogP contribution in [-0.4, -0.2) is 27.4 Å². The Morgan fingerprint density at radius 2 is 2.20 bits per heavy atom. The maximum atomic E-state index is 10.4. The molecule has 1 amide bonds. The fourth-order valence-corrected chi connectivity index (χ4v) is 2.21. The second-order valence-electron chi connectivity index (χ2n) is 4.00. The molecule has 3 N–H and O–H groups in total. The Morgan fingerprint density at radius 3 is 2.73 bits per heavy atom. The molecule has 15 heavy (non-hydrogen) atoms. The maximum Gasteiger partial charge on any atom is 0.404 e. The molecule has 0 atom stereocenters. The van der Waals surface area contributed by atoms with E-state index >= 15 is 0 Å². The van der Waals surface area contributed by atoms with Crippen LogP contribution in [0.4, 0.5) is 4.79 Å². The fourth-order valence-electron chi connectivity index (χ4n) is 2.21. The number of carboxylic acid groups (broad SMARTS) is 1. The molecule has 1 aromatic rings. The first-order chi connectivity index (χ1) is 7.25. The Labute approximate surface area is 87.9 Å². The van der Waals surface area contributed by atoms with Crippen molar-refractivity contribution in [2.45, 2.75) is 37.6 Å². The Balaban J connectivity index is 1.84. The molecule has 2 rings (SSSR count). The van der Waals surface area contributed by atoms with Gasteiger partial charge in [0.1, 0.15) is 0 Å². The van der Waals surface area contributed by atoms with E-state index in [2.05, 4.69) is 15.5 Å². The van der Waals surface area contributed by atoms with Crippen molar-refractivity contribution in [1.82, 2.24) is 15.5 Å². The third kappa shape index (κ3) is 2.49. The summed E-state index contributed by atoms with van der Waals surface area (Å²) in [5.41, 5.74) is 1.10. The summed E-state index contributed by atoms with van der Waals surface area (Å²) in [5.74, 6) is 0.489. The van der Waals surface area contributed by atoms with E-state index in [9.17, 15) is 4.79 Å². The van der Waals surface area contributed by atoms with E-state index in [0.717, 1.165) is 31.4 Å². The molecule has 0 aliphatic heterocycles. The van der Waals surface area contributed by atoms with Crippen LogP contribution in [-0.2, 0) is 0 Å². The number of amides is 1. The second kappa shape index (κ2) is 4.33. The lowest BCUT2D eigenvalue weighted by atomic mass is 9.84. The van der Waals surface area contributed by atoms with Crippen LogP contribution in [0.1, 0.15) is 37.3 Å². The van der Waals surface area contributed by atoms with Crippen molar-refractivity contribution in [3.8, 4) is 0 Å².